The zero-order chi connectivity index (χ0) is 21.5. The van der Waals surface area contributed by atoms with E-state index in [0.717, 1.165) is 33.9 Å². The van der Waals surface area contributed by atoms with Crippen LogP contribution in [0.25, 0.3) is 27.7 Å². The number of anilines is 1. The molecule has 4 aromatic carbocycles. The van der Waals surface area contributed by atoms with Crippen molar-refractivity contribution in [2.45, 2.75) is 12.3 Å². The fourth-order valence-corrected chi connectivity index (χ4v) is 4.74. The number of carbonyl (C=O) groups excluding carboxylic acids is 1. The zero-order valence-electron chi connectivity index (χ0n) is 17.4. The fourth-order valence-electron chi connectivity index (χ4n) is 4.74. The van der Waals surface area contributed by atoms with E-state index < -0.39 is 0 Å². The summed E-state index contributed by atoms with van der Waals surface area (Å²) in [5.41, 5.74) is 5.09. The highest BCUT2D eigenvalue weighted by molar-refractivity contribution is 5.98. The molecule has 0 radical (unpaired) electrons. The van der Waals surface area contributed by atoms with Gasteiger partial charge in [0.15, 0.2) is 0 Å². The number of nitrogens with one attached hydrogen (secondary N) is 1. The third-order valence-electron chi connectivity index (χ3n) is 6.16. The Bertz CT molecular complexity index is 1430. The molecule has 0 spiro atoms. The summed E-state index contributed by atoms with van der Waals surface area (Å²) < 4.78 is 1.87. The van der Waals surface area contributed by atoms with Crippen LogP contribution in [0.1, 0.15) is 23.5 Å². The number of hydrogen-bond donors (Lipinski definition) is 1. The molecule has 0 fully saturated rings. The van der Waals surface area contributed by atoms with E-state index in [4.69, 9.17) is 5.10 Å². The molecule has 1 atom stereocenters. The maximum absolute atomic E-state index is 12.9. The molecule has 1 amide bonds. The Kier molecular flexibility index (Phi) is 4.36. The van der Waals surface area contributed by atoms with E-state index in [1.54, 1.807) is 0 Å². The van der Waals surface area contributed by atoms with Crippen LogP contribution in [0, 0.1) is 0 Å². The van der Waals surface area contributed by atoms with Gasteiger partial charge in [0.25, 0.3) is 0 Å². The van der Waals surface area contributed by atoms with Crippen molar-refractivity contribution in [3.8, 4) is 16.9 Å². The highest BCUT2D eigenvalue weighted by Gasteiger charge is 2.35. The summed E-state index contributed by atoms with van der Waals surface area (Å²) in [7, 11) is 0. The Morgan fingerprint density at radius 2 is 1.47 bits per heavy atom. The number of aromatic nitrogens is 2. The topological polar surface area (TPSA) is 46.9 Å². The van der Waals surface area contributed by atoms with Crippen LogP contribution in [-0.4, -0.2) is 15.7 Å². The predicted octanol–water partition coefficient (Wildman–Crippen LogP) is 6.17. The number of fused-ring (bicyclic) bond motifs is 2. The van der Waals surface area contributed by atoms with Crippen molar-refractivity contribution in [3.05, 3.63) is 114 Å². The molecule has 4 heteroatoms. The average Bonchev–Trinajstić information content (AvgIpc) is 3.24. The van der Waals surface area contributed by atoms with Gasteiger partial charge in [-0.3, -0.25) is 4.79 Å². The predicted molar refractivity (Wildman–Crippen MR) is 128 cm³/mol. The first kappa shape index (κ1) is 18.6. The number of carbonyl (C=O) groups is 1. The van der Waals surface area contributed by atoms with Gasteiger partial charge in [0.05, 0.1) is 11.4 Å². The number of amides is 1. The second-order valence-corrected chi connectivity index (χ2v) is 8.10. The first-order chi connectivity index (χ1) is 15.8. The van der Waals surface area contributed by atoms with E-state index in [1.807, 2.05) is 59.3 Å². The largest absolute Gasteiger partial charge is 0.310 e. The molecule has 0 bridgehead atoms. The van der Waals surface area contributed by atoms with Crippen LogP contribution in [0.5, 0.6) is 0 Å². The molecule has 1 aromatic heterocycles. The van der Waals surface area contributed by atoms with Gasteiger partial charge in [0.2, 0.25) is 5.91 Å². The van der Waals surface area contributed by atoms with E-state index in [0.29, 0.717) is 6.42 Å². The molecule has 5 aromatic rings. The third-order valence-corrected chi connectivity index (χ3v) is 6.16. The lowest BCUT2D eigenvalue weighted by Gasteiger charge is -2.26. The smallest absolute Gasteiger partial charge is 0.226 e. The maximum atomic E-state index is 12.9. The van der Waals surface area contributed by atoms with Crippen LogP contribution in [-0.2, 0) is 4.79 Å². The number of benzene rings is 4. The first-order valence-corrected chi connectivity index (χ1v) is 10.8. The van der Waals surface area contributed by atoms with E-state index in [-0.39, 0.29) is 11.8 Å². The monoisotopic (exact) mass is 415 g/mol. The SMILES string of the molecule is O=C1CC(c2cccc3ccccc23)c2c(-c3ccccc3)nn(-c3ccccc3)c2N1. The Balaban J connectivity index is 1.65. The molecule has 0 saturated carbocycles. The fraction of sp³-hybridized carbons (Fsp3) is 0.0714. The van der Waals surface area contributed by atoms with Crippen LogP contribution in [0.15, 0.2) is 103 Å². The van der Waals surface area contributed by atoms with E-state index >= 15 is 0 Å². The molecular weight excluding hydrogens is 394 g/mol. The standard InChI is InChI=1S/C28H21N3O/c32-25-18-24(23-17-9-13-19-10-7-8-16-22(19)23)26-27(20-11-3-1-4-12-20)30-31(28(26)29-25)21-14-5-2-6-15-21/h1-17,24H,18H2,(H,29,32). The van der Waals surface area contributed by atoms with Crippen LogP contribution in [0.4, 0.5) is 5.82 Å². The molecule has 1 N–H and O–H groups in total. The van der Waals surface area contributed by atoms with Crippen LogP contribution in [0.3, 0.4) is 0 Å². The van der Waals surface area contributed by atoms with Gasteiger partial charge in [0, 0.05) is 23.5 Å². The van der Waals surface area contributed by atoms with Gasteiger partial charge in [0.1, 0.15) is 5.82 Å². The Hall–Kier alpha value is -4.18. The summed E-state index contributed by atoms with van der Waals surface area (Å²) in [4.78, 5) is 12.9. The Morgan fingerprint density at radius 1 is 0.781 bits per heavy atom. The highest BCUT2D eigenvalue weighted by atomic mass is 16.1. The van der Waals surface area contributed by atoms with Crippen LogP contribution in [0.2, 0.25) is 0 Å². The van der Waals surface area contributed by atoms with Gasteiger partial charge < -0.3 is 5.32 Å². The van der Waals surface area contributed by atoms with Crippen molar-refractivity contribution in [1.29, 1.82) is 0 Å². The molecule has 1 aliphatic rings. The first-order valence-electron chi connectivity index (χ1n) is 10.8. The zero-order valence-corrected chi connectivity index (χ0v) is 17.4. The van der Waals surface area contributed by atoms with E-state index in [2.05, 4.69) is 53.8 Å². The number of rotatable bonds is 3. The van der Waals surface area contributed by atoms with Gasteiger partial charge in [-0.1, -0.05) is 91.0 Å². The average molecular weight is 415 g/mol. The molecule has 154 valence electrons. The maximum Gasteiger partial charge on any atom is 0.226 e. The van der Waals surface area contributed by atoms with Crippen LogP contribution >= 0.6 is 0 Å². The minimum Gasteiger partial charge on any atom is -0.310 e. The van der Waals surface area contributed by atoms with Crippen molar-refractivity contribution in [2.24, 2.45) is 0 Å². The molecule has 0 aliphatic carbocycles. The molecule has 1 aliphatic heterocycles. The van der Waals surface area contributed by atoms with Gasteiger partial charge in [-0.15, -0.1) is 0 Å². The lowest BCUT2D eigenvalue weighted by atomic mass is 9.82. The molecule has 4 nitrogen and oxygen atoms in total. The van der Waals surface area contributed by atoms with E-state index in [1.165, 1.54) is 10.8 Å². The minimum atomic E-state index is -0.0856. The van der Waals surface area contributed by atoms with Crippen LogP contribution < -0.4 is 5.32 Å². The van der Waals surface area contributed by atoms with Crippen molar-refractivity contribution in [1.82, 2.24) is 9.78 Å². The summed E-state index contributed by atoms with van der Waals surface area (Å²) in [6.45, 7) is 0. The van der Waals surface area contributed by atoms with Gasteiger partial charge in [-0.05, 0) is 28.5 Å². The number of nitrogens with zero attached hydrogens (tertiary/aromatic N) is 2. The van der Waals surface area contributed by atoms with Gasteiger partial charge >= 0.3 is 0 Å². The van der Waals surface area contributed by atoms with Gasteiger partial charge in [-0.25, -0.2) is 4.68 Å². The summed E-state index contributed by atoms with van der Waals surface area (Å²) >= 11 is 0. The third kappa shape index (κ3) is 3.00. The number of para-hydroxylation sites is 1. The number of hydrogen-bond acceptors (Lipinski definition) is 2. The van der Waals surface area contributed by atoms with Crippen molar-refractivity contribution < 1.29 is 4.79 Å². The Morgan fingerprint density at radius 3 is 2.28 bits per heavy atom. The summed E-state index contributed by atoms with van der Waals surface area (Å²) in [5, 5.41) is 10.5. The molecule has 0 saturated heterocycles. The second kappa shape index (κ2) is 7.50. The Labute approximate surface area is 186 Å². The lowest BCUT2D eigenvalue weighted by molar-refractivity contribution is -0.116. The second-order valence-electron chi connectivity index (χ2n) is 8.10. The lowest BCUT2D eigenvalue weighted by Crippen LogP contribution is -2.25. The molecule has 6 rings (SSSR count). The highest BCUT2D eigenvalue weighted by Crippen LogP contribution is 2.45. The molecule has 1 unspecified atom stereocenters. The van der Waals surface area contributed by atoms with Crippen molar-refractivity contribution in [2.75, 3.05) is 5.32 Å². The summed E-state index contributed by atoms with van der Waals surface area (Å²) in [6.07, 6.45) is 0.390. The normalized spacial score (nSPS) is 15.4. The van der Waals surface area contributed by atoms with Crippen molar-refractivity contribution >= 4 is 22.5 Å². The quantitative estimate of drug-likeness (QED) is 0.383. The minimum absolute atomic E-state index is 0.00660. The summed E-state index contributed by atoms with van der Waals surface area (Å²) in [6, 6.07) is 34.9. The van der Waals surface area contributed by atoms with E-state index in [9.17, 15) is 4.79 Å². The molecule has 32 heavy (non-hydrogen) atoms. The van der Waals surface area contributed by atoms with Crippen molar-refractivity contribution in [3.63, 3.8) is 0 Å². The summed E-state index contributed by atoms with van der Waals surface area (Å²) in [5.74, 6) is 0.675. The van der Waals surface area contributed by atoms with Gasteiger partial charge in [-0.2, -0.15) is 5.10 Å². The molecule has 2 heterocycles. The molecular formula is C28H21N3O.